The van der Waals surface area contributed by atoms with Crippen LogP contribution in [0.15, 0.2) is 36.5 Å². The summed E-state index contributed by atoms with van der Waals surface area (Å²) in [6, 6.07) is -0.625. The Kier molecular flexibility index (Phi) is 40.9. The average molecular weight is 702 g/mol. The highest BCUT2D eigenvalue weighted by Gasteiger charge is 2.17. The van der Waals surface area contributed by atoms with Crippen LogP contribution in [0, 0.1) is 0 Å². The maximum absolute atomic E-state index is 12.4. The Morgan fingerprint density at radius 1 is 0.480 bits per heavy atom. The highest BCUT2D eigenvalue weighted by atomic mass is 16.3. The average Bonchev–Trinajstić information content (AvgIpc) is 3.12. The maximum Gasteiger partial charge on any atom is 0.220 e. The summed E-state index contributed by atoms with van der Waals surface area (Å²) in [5, 5.41) is 23.0. The second-order valence-electron chi connectivity index (χ2n) is 15.1. The zero-order valence-corrected chi connectivity index (χ0v) is 33.7. The van der Waals surface area contributed by atoms with E-state index in [1.54, 1.807) is 6.08 Å². The number of hydrogen-bond acceptors (Lipinski definition) is 3. The first kappa shape index (κ1) is 48.6. The molecule has 0 aromatic heterocycles. The molecule has 0 saturated carbocycles. The zero-order chi connectivity index (χ0) is 36.4. The molecule has 0 aliphatic carbocycles. The van der Waals surface area contributed by atoms with Crippen molar-refractivity contribution < 1.29 is 15.0 Å². The first-order valence-corrected chi connectivity index (χ1v) is 22.2. The van der Waals surface area contributed by atoms with Gasteiger partial charge in [0, 0.05) is 6.42 Å². The molecular formula is C46H87NO3. The summed E-state index contributed by atoms with van der Waals surface area (Å²) in [7, 11) is 0. The summed E-state index contributed by atoms with van der Waals surface area (Å²) in [6.45, 7) is 4.31. The van der Waals surface area contributed by atoms with E-state index in [0.717, 1.165) is 32.1 Å². The van der Waals surface area contributed by atoms with Crippen LogP contribution in [0.25, 0.3) is 0 Å². The quantitative estimate of drug-likeness (QED) is 0.0440. The molecule has 0 aliphatic rings. The molecule has 0 aromatic rings. The fourth-order valence-electron chi connectivity index (χ4n) is 6.68. The first-order valence-electron chi connectivity index (χ1n) is 22.2. The second-order valence-corrected chi connectivity index (χ2v) is 15.1. The van der Waals surface area contributed by atoms with Crippen molar-refractivity contribution >= 4 is 5.91 Å². The van der Waals surface area contributed by atoms with Crippen LogP contribution in [-0.4, -0.2) is 34.9 Å². The van der Waals surface area contributed by atoms with E-state index in [0.29, 0.717) is 6.42 Å². The van der Waals surface area contributed by atoms with Gasteiger partial charge in [-0.1, -0.05) is 211 Å². The number of aliphatic hydroxyl groups excluding tert-OH is 2. The van der Waals surface area contributed by atoms with Crippen LogP contribution >= 0.6 is 0 Å². The Bertz CT molecular complexity index is 760. The van der Waals surface area contributed by atoms with Crippen molar-refractivity contribution in [3.05, 3.63) is 36.5 Å². The standard InChI is InChI=1S/C46H87NO3/c1-3-5-7-9-11-13-15-17-19-20-21-22-23-24-25-26-28-30-32-34-36-38-40-42-46(50)47-44(43-48)45(49)41-39-37-35-33-31-29-27-18-16-14-12-10-8-6-4-2/h21-22,24-25,39,41,44-45,48-49H,3-20,23,26-38,40,42-43H2,1-2H3,(H,47,50)/b22-21-,25-24-,41-39+. The van der Waals surface area contributed by atoms with Crippen molar-refractivity contribution in [2.45, 2.75) is 244 Å². The van der Waals surface area contributed by atoms with E-state index < -0.39 is 12.1 Å². The number of allylic oxidation sites excluding steroid dienone is 5. The summed E-state index contributed by atoms with van der Waals surface area (Å²) >= 11 is 0. The van der Waals surface area contributed by atoms with E-state index in [2.05, 4.69) is 43.5 Å². The molecule has 0 aliphatic heterocycles. The van der Waals surface area contributed by atoms with Crippen LogP contribution < -0.4 is 5.32 Å². The molecule has 0 radical (unpaired) electrons. The number of amides is 1. The van der Waals surface area contributed by atoms with E-state index in [9.17, 15) is 15.0 Å². The Morgan fingerprint density at radius 2 is 0.820 bits per heavy atom. The van der Waals surface area contributed by atoms with Gasteiger partial charge in [-0.25, -0.2) is 0 Å². The monoisotopic (exact) mass is 702 g/mol. The van der Waals surface area contributed by atoms with Gasteiger partial charge in [0.25, 0.3) is 0 Å². The second kappa shape index (κ2) is 42.0. The minimum absolute atomic E-state index is 0.0712. The number of carbonyl (C=O) groups excluding carboxylic acids is 1. The molecule has 0 aromatic carbocycles. The molecular weight excluding hydrogens is 615 g/mol. The topological polar surface area (TPSA) is 69.6 Å². The van der Waals surface area contributed by atoms with Crippen LogP contribution in [0.1, 0.15) is 232 Å². The Hall–Kier alpha value is -1.39. The molecule has 0 heterocycles. The number of unbranched alkanes of at least 4 members (excludes halogenated alkanes) is 29. The summed E-state index contributed by atoms with van der Waals surface area (Å²) in [5.41, 5.74) is 0. The van der Waals surface area contributed by atoms with Gasteiger partial charge >= 0.3 is 0 Å². The van der Waals surface area contributed by atoms with Gasteiger partial charge < -0.3 is 15.5 Å². The summed E-state index contributed by atoms with van der Waals surface area (Å²) < 4.78 is 0. The molecule has 1 amide bonds. The van der Waals surface area contributed by atoms with Crippen LogP contribution in [0.5, 0.6) is 0 Å². The van der Waals surface area contributed by atoms with E-state index in [4.69, 9.17) is 0 Å². The highest BCUT2D eigenvalue weighted by Crippen LogP contribution is 2.14. The third kappa shape index (κ3) is 37.9. The largest absolute Gasteiger partial charge is 0.394 e. The van der Waals surface area contributed by atoms with Gasteiger partial charge in [0.1, 0.15) is 0 Å². The Morgan fingerprint density at radius 3 is 1.20 bits per heavy atom. The molecule has 0 spiro atoms. The number of aliphatic hydroxyl groups is 2. The van der Waals surface area contributed by atoms with E-state index in [1.807, 2.05) is 6.08 Å². The lowest BCUT2D eigenvalue weighted by molar-refractivity contribution is -0.123. The SMILES string of the molecule is CCCCCCCCCCC/C=C\C/C=C\CCCCCCCCCC(=O)NC(CO)C(O)/C=C/CCCCCCCCCCCCCCC. The summed E-state index contributed by atoms with van der Waals surface area (Å²) in [5.74, 6) is -0.0712. The van der Waals surface area contributed by atoms with Crippen LogP contribution in [0.4, 0.5) is 0 Å². The minimum Gasteiger partial charge on any atom is -0.394 e. The van der Waals surface area contributed by atoms with Gasteiger partial charge in [0.2, 0.25) is 5.91 Å². The van der Waals surface area contributed by atoms with E-state index >= 15 is 0 Å². The maximum atomic E-state index is 12.4. The lowest BCUT2D eigenvalue weighted by atomic mass is 10.0. The van der Waals surface area contributed by atoms with Crippen molar-refractivity contribution in [1.82, 2.24) is 5.32 Å². The molecule has 294 valence electrons. The van der Waals surface area contributed by atoms with Gasteiger partial charge in [-0.3, -0.25) is 4.79 Å². The van der Waals surface area contributed by atoms with Crippen molar-refractivity contribution in [1.29, 1.82) is 0 Å². The molecule has 0 saturated heterocycles. The molecule has 3 N–H and O–H groups in total. The van der Waals surface area contributed by atoms with Crippen molar-refractivity contribution in [2.75, 3.05) is 6.61 Å². The lowest BCUT2D eigenvalue weighted by Gasteiger charge is -2.20. The van der Waals surface area contributed by atoms with Gasteiger partial charge in [-0.15, -0.1) is 0 Å². The zero-order valence-electron chi connectivity index (χ0n) is 33.7. The van der Waals surface area contributed by atoms with Crippen molar-refractivity contribution in [2.24, 2.45) is 0 Å². The fraction of sp³-hybridized carbons (Fsp3) is 0.848. The predicted octanol–water partition coefficient (Wildman–Crippen LogP) is 13.8. The number of nitrogens with one attached hydrogen (secondary N) is 1. The third-order valence-corrected chi connectivity index (χ3v) is 10.1. The van der Waals surface area contributed by atoms with Crippen LogP contribution in [0.3, 0.4) is 0 Å². The lowest BCUT2D eigenvalue weighted by Crippen LogP contribution is -2.45. The fourth-order valence-corrected chi connectivity index (χ4v) is 6.68. The van der Waals surface area contributed by atoms with Crippen LogP contribution in [0.2, 0.25) is 0 Å². The first-order chi connectivity index (χ1) is 24.7. The Balaban J connectivity index is 3.58. The highest BCUT2D eigenvalue weighted by molar-refractivity contribution is 5.76. The number of carbonyl (C=O) groups is 1. The van der Waals surface area contributed by atoms with Gasteiger partial charge in [0.15, 0.2) is 0 Å². The number of rotatable bonds is 40. The molecule has 2 atom stereocenters. The molecule has 50 heavy (non-hydrogen) atoms. The molecule has 4 heteroatoms. The van der Waals surface area contributed by atoms with Crippen molar-refractivity contribution in [3.8, 4) is 0 Å². The van der Waals surface area contributed by atoms with Crippen molar-refractivity contribution in [3.63, 3.8) is 0 Å². The number of hydrogen-bond donors (Lipinski definition) is 3. The van der Waals surface area contributed by atoms with E-state index in [-0.39, 0.29) is 12.5 Å². The summed E-state index contributed by atoms with van der Waals surface area (Å²) in [6.07, 6.45) is 55.3. The predicted molar refractivity (Wildman–Crippen MR) is 221 cm³/mol. The minimum atomic E-state index is -0.841. The molecule has 2 unspecified atom stereocenters. The van der Waals surface area contributed by atoms with Crippen LogP contribution in [-0.2, 0) is 4.79 Å². The molecule has 4 nitrogen and oxygen atoms in total. The molecule has 0 fully saturated rings. The summed E-state index contributed by atoms with van der Waals surface area (Å²) in [4.78, 5) is 12.4. The van der Waals surface area contributed by atoms with Gasteiger partial charge in [0.05, 0.1) is 18.8 Å². The van der Waals surface area contributed by atoms with E-state index in [1.165, 1.54) is 180 Å². The molecule has 0 rings (SSSR count). The Labute approximate surface area is 312 Å². The van der Waals surface area contributed by atoms with Gasteiger partial charge in [-0.2, -0.15) is 0 Å². The smallest absolute Gasteiger partial charge is 0.220 e. The third-order valence-electron chi connectivity index (χ3n) is 10.1. The normalized spacial score (nSPS) is 13.3. The van der Waals surface area contributed by atoms with Gasteiger partial charge in [-0.05, 0) is 51.4 Å². The molecule has 0 bridgehead atoms.